The summed E-state index contributed by atoms with van der Waals surface area (Å²) in [6.07, 6.45) is -0.735. The summed E-state index contributed by atoms with van der Waals surface area (Å²) in [5.74, 6) is -2.68. The van der Waals surface area contributed by atoms with Crippen LogP contribution in [0.15, 0.2) is 24.5 Å². The molecule has 0 aliphatic carbocycles. The van der Waals surface area contributed by atoms with E-state index < -0.39 is 60.1 Å². The maximum atomic E-state index is 13.6. The van der Waals surface area contributed by atoms with Gasteiger partial charge in [0.2, 0.25) is 5.91 Å². The lowest BCUT2D eigenvalue weighted by molar-refractivity contribution is -0.231. The number of nitrogens with zero attached hydrogens (tertiary/aromatic N) is 2. The molecule has 3 saturated heterocycles. The van der Waals surface area contributed by atoms with Gasteiger partial charge in [0.05, 0.1) is 12.6 Å². The van der Waals surface area contributed by atoms with E-state index in [9.17, 15) is 9.59 Å². The fourth-order valence-electron chi connectivity index (χ4n) is 5.10. The number of ether oxygens (including phenoxy) is 6. The van der Waals surface area contributed by atoms with Crippen LogP contribution in [0.5, 0.6) is 5.75 Å². The predicted molar refractivity (Wildman–Crippen MR) is 134 cm³/mol. The highest BCUT2D eigenvalue weighted by molar-refractivity contribution is 6.05. The molecule has 2 N–H and O–H groups in total. The molecule has 4 heterocycles. The minimum absolute atomic E-state index is 0.264. The normalized spacial score (nSPS) is 29.9. The molecule has 3 aliphatic rings. The Morgan fingerprint density at radius 2 is 1.61 bits per heavy atom. The van der Waals surface area contributed by atoms with Gasteiger partial charge >= 0.3 is 0 Å². The molecule has 6 unspecified atom stereocenters. The van der Waals surface area contributed by atoms with E-state index in [4.69, 9.17) is 28.4 Å². The summed E-state index contributed by atoms with van der Waals surface area (Å²) in [5, 5.41) is 5.73. The van der Waals surface area contributed by atoms with Crippen LogP contribution >= 0.6 is 0 Å². The van der Waals surface area contributed by atoms with Crippen LogP contribution in [0.2, 0.25) is 0 Å². The largest absolute Gasteiger partial charge is 0.494 e. The fourth-order valence-corrected chi connectivity index (χ4v) is 5.10. The summed E-state index contributed by atoms with van der Waals surface area (Å²) in [6.45, 7) is 10.7. The van der Waals surface area contributed by atoms with E-state index in [0.717, 1.165) is 0 Å². The average molecular weight is 531 g/mol. The number of carbonyl (C=O) groups is 2. The van der Waals surface area contributed by atoms with Gasteiger partial charge in [-0.15, -0.1) is 0 Å². The maximum absolute atomic E-state index is 13.6. The zero-order valence-corrected chi connectivity index (χ0v) is 22.5. The lowest BCUT2D eigenvalue weighted by Crippen LogP contribution is -2.61. The molecule has 0 saturated carbocycles. The van der Waals surface area contributed by atoms with Crippen LogP contribution in [0.1, 0.15) is 41.5 Å². The van der Waals surface area contributed by atoms with Gasteiger partial charge in [-0.3, -0.25) is 19.6 Å². The number of anilines is 1. The zero-order chi connectivity index (χ0) is 27.4. The molecule has 2 amide bonds. The molecule has 5 rings (SSSR count). The number of rotatable bonds is 6. The van der Waals surface area contributed by atoms with E-state index in [2.05, 4.69) is 20.6 Å². The molecule has 6 atom stereocenters. The highest BCUT2D eigenvalue weighted by atomic mass is 16.9. The van der Waals surface area contributed by atoms with Crippen molar-refractivity contribution in [1.82, 2.24) is 15.3 Å². The van der Waals surface area contributed by atoms with Crippen LogP contribution in [0.25, 0.3) is 11.0 Å². The Hall–Kier alpha value is -2.90. The molecule has 12 nitrogen and oxygen atoms in total. The first-order valence-electron chi connectivity index (χ1n) is 12.6. The van der Waals surface area contributed by atoms with Gasteiger partial charge in [-0.2, -0.15) is 0 Å². The number of benzene rings is 1. The number of fused-ring (bicyclic) bond motifs is 4. The van der Waals surface area contributed by atoms with Gasteiger partial charge < -0.3 is 39.1 Å². The number of aromatic nitrogens is 2. The van der Waals surface area contributed by atoms with Crippen LogP contribution in [0.3, 0.4) is 0 Å². The summed E-state index contributed by atoms with van der Waals surface area (Å²) in [5.41, 5.74) is 1.43. The third kappa shape index (κ3) is 4.94. The Balaban J connectivity index is 1.37. The van der Waals surface area contributed by atoms with Gasteiger partial charge in [0, 0.05) is 12.4 Å². The van der Waals surface area contributed by atoms with Crippen LogP contribution in [0, 0.1) is 5.92 Å². The van der Waals surface area contributed by atoms with E-state index in [1.54, 1.807) is 46.0 Å². The van der Waals surface area contributed by atoms with Gasteiger partial charge in [-0.05, 0) is 45.7 Å². The number of amides is 2. The van der Waals surface area contributed by atoms with Crippen LogP contribution in [-0.4, -0.2) is 77.2 Å². The van der Waals surface area contributed by atoms with Crippen molar-refractivity contribution < 1.29 is 38.0 Å². The minimum atomic E-state index is -1.09. The molecule has 3 fully saturated rings. The van der Waals surface area contributed by atoms with E-state index in [-0.39, 0.29) is 5.92 Å². The smallest absolute Gasteiger partial charge is 0.252 e. The monoisotopic (exact) mass is 530 g/mol. The number of carbonyl (C=O) groups excluding carboxylic acids is 2. The van der Waals surface area contributed by atoms with Gasteiger partial charge in [-0.1, -0.05) is 13.8 Å². The Kier molecular flexibility index (Phi) is 6.81. The summed E-state index contributed by atoms with van der Waals surface area (Å²) < 4.78 is 35.5. The standard InChI is InChI=1S/C26H34N4O8/c1-12(2)15(22(31)30-17-14(33-7)9-8-13-16(17)28-11-10-27-13)29-23(32)20-18-19(36-25(3,4)35-18)21-24(34-20)38-26(5,6)37-21/h8-12,15,18-21,24H,1-7H3,(H,29,32)(H,30,31). The van der Waals surface area contributed by atoms with Crippen molar-refractivity contribution in [3.05, 3.63) is 24.5 Å². The van der Waals surface area contributed by atoms with Crippen LogP contribution in [0.4, 0.5) is 5.69 Å². The molecule has 3 aliphatic heterocycles. The predicted octanol–water partition coefficient (Wildman–Crippen LogP) is 2.11. The average Bonchev–Trinajstić information content (AvgIpc) is 3.35. The molecule has 12 heteroatoms. The first kappa shape index (κ1) is 26.7. The van der Waals surface area contributed by atoms with Crippen molar-refractivity contribution >= 4 is 28.5 Å². The first-order valence-corrected chi connectivity index (χ1v) is 12.6. The van der Waals surface area contributed by atoms with Crippen molar-refractivity contribution in [2.45, 2.75) is 89.9 Å². The van der Waals surface area contributed by atoms with Gasteiger partial charge in [0.15, 0.2) is 24.0 Å². The Morgan fingerprint density at radius 1 is 0.947 bits per heavy atom. The maximum Gasteiger partial charge on any atom is 0.252 e. The molecule has 38 heavy (non-hydrogen) atoms. The quantitative estimate of drug-likeness (QED) is 0.571. The second-order valence-electron chi connectivity index (χ2n) is 10.9. The Labute approximate surface area is 220 Å². The van der Waals surface area contributed by atoms with E-state index in [1.165, 1.54) is 13.3 Å². The topological polar surface area (TPSA) is 139 Å². The molecule has 1 aromatic heterocycles. The van der Waals surface area contributed by atoms with Crippen LogP contribution < -0.4 is 15.4 Å². The first-order chi connectivity index (χ1) is 17.9. The Morgan fingerprint density at radius 3 is 2.32 bits per heavy atom. The molecular formula is C26H34N4O8. The second kappa shape index (κ2) is 9.69. The highest BCUT2D eigenvalue weighted by Gasteiger charge is 2.62. The van der Waals surface area contributed by atoms with Gasteiger partial charge in [-0.25, -0.2) is 0 Å². The van der Waals surface area contributed by atoms with E-state index >= 15 is 0 Å². The Bertz CT molecular complexity index is 1230. The SMILES string of the molecule is COc1ccc2nccnc2c1NC(=O)C(NC(=O)C1OC2OC(C)(C)OC2C2OC(C)(C)OC12)C(C)C. The van der Waals surface area contributed by atoms with Crippen molar-refractivity contribution in [1.29, 1.82) is 0 Å². The fraction of sp³-hybridized carbons (Fsp3) is 0.615. The van der Waals surface area contributed by atoms with E-state index in [1.807, 2.05) is 13.8 Å². The molecular weight excluding hydrogens is 496 g/mol. The minimum Gasteiger partial charge on any atom is -0.494 e. The zero-order valence-electron chi connectivity index (χ0n) is 22.5. The van der Waals surface area contributed by atoms with Gasteiger partial charge in [0.25, 0.3) is 5.91 Å². The van der Waals surface area contributed by atoms with Crippen molar-refractivity contribution in [2.24, 2.45) is 5.92 Å². The number of hydrogen-bond donors (Lipinski definition) is 2. The third-order valence-electron chi connectivity index (χ3n) is 6.73. The third-order valence-corrected chi connectivity index (χ3v) is 6.73. The molecule has 0 radical (unpaired) electrons. The lowest BCUT2D eigenvalue weighted by Gasteiger charge is -2.37. The molecule has 0 bridgehead atoms. The van der Waals surface area contributed by atoms with Crippen molar-refractivity contribution in [2.75, 3.05) is 12.4 Å². The molecule has 2 aromatic rings. The lowest BCUT2D eigenvalue weighted by atomic mass is 9.97. The summed E-state index contributed by atoms with van der Waals surface area (Å²) in [7, 11) is 1.50. The number of nitrogens with one attached hydrogen (secondary N) is 2. The summed E-state index contributed by atoms with van der Waals surface area (Å²) in [4.78, 5) is 35.8. The van der Waals surface area contributed by atoms with Crippen molar-refractivity contribution in [3.63, 3.8) is 0 Å². The summed E-state index contributed by atoms with van der Waals surface area (Å²) >= 11 is 0. The molecule has 0 spiro atoms. The molecule has 206 valence electrons. The highest BCUT2D eigenvalue weighted by Crippen LogP contribution is 2.44. The number of hydrogen-bond acceptors (Lipinski definition) is 10. The van der Waals surface area contributed by atoms with Crippen molar-refractivity contribution in [3.8, 4) is 5.75 Å². The number of methoxy groups -OCH3 is 1. The van der Waals surface area contributed by atoms with Crippen LogP contribution in [-0.2, 0) is 33.3 Å². The summed E-state index contributed by atoms with van der Waals surface area (Å²) in [6, 6.07) is 2.54. The molecule has 1 aromatic carbocycles. The van der Waals surface area contributed by atoms with Gasteiger partial charge in [0.1, 0.15) is 41.3 Å². The van der Waals surface area contributed by atoms with E-state index in [0.29, 0.717) is 22.5 Å². The second-order valence-corrected chi connectivity index (χ2v) is 10.9.